The van der Waals surface area contributed by atoms with Gasteiger partial charge in [-0.1, -0.05) is 18.2 Å². The van der Waals surface area contributed by atoms with Crippen LogP contribution < -0.4 is 5.32 Å². The second kappa shape index (κ2) is 8.47. The van der Waals surface area contributed by atoms with E-state index in [0.29, 0.717) is 12.5 Å². The van der Waals surface area contributed by atoms with Crippen molar-refractivity contribution in [2.45, 2.75) is 25.5 Å². The summed E-state index contributed by atoms with van der Waals surface area (Å²) in [5, 5.41) is 3.53. The largest absolute Gasteiger partial charge is 0.370 e. The predicted octanol–water partition coefficient (Wildman–Crippen LogP) is 2.38. The molecule has 1 saturated heterocycles. The van der Waals surface area contributed by atoms with Crippen LogP contribution in [-0.4, -0.2) is 47.6 Å². The Labute approximate surface area is 155 Å². The summed E-state index contributed by atoms with van der Waals surface area (Å²) in [4.78, 5) is 18.4. The monoisotopic (exact) mass is 356 g/mol. The van der Waals surface area contributed by atoms with Gasteiger partial charge in [0.15, 0.2) is 0 Å². The summed E-state index contributed by atoms with van der Waals surface area (Å²) in [5.74, 6) is 1.40. The number of hydrogen-bond acceptors (Lipinski definition) is 4. The summed E-state index contributed by atoms with van der Waals surface area (Å²) in [6, 6.07) is 7.78. The van der Waals surface area contributed by atoms with Gasteiger partial charge in [-0.2, -0.15) is 0 Å². The Balaban J connectivity index is 1.64. The third-order valence-corrected chi connectivity index (χ3v) is 4.93. The van der Waals surface area contributed by atoms with E-state index in [1.54, 1.807) is 19.0 Å². The van der Waals surface area contributed by atoms with E-state index < -0.39 is 0 Å². The quantitative estimate of drug-likeness (QED) is 0.863. The van der Waals surface area contributed by atoms with Gasteiger partial charge in [0.25, 0.3) is 5.91 Å². The standard InChI is InChI=1S/C20H28N4O2/c1-23(2)20(25)17-9-5-4-7-15(17)13-21-14-16-8-6-12-26-18(16)19-22-10-11-24(19)3/h4-5,7,9-11,16,18,21H,6,8,12-14H2,1-3H3/t16-,18+/m0/s1. The molecule has 6 nitrogen and oxygen atoms in total. The van der Waals surface area contributed by atoms with Gasteiger partial charge in [-0.3, -0.25) is 4.79 Å². The van der Waals surface area contributed by atoms with Crippen molar-refractivity contribution in [3.8, 4) is 0 Å². The van der Waals surface area contributed by atoms with Crippen LogP contribution in [0.25, 0.3) is 0 Å². The number of ether oxygens (including phenoxy) is 1. The van der Waals surface area contributed by atoms with E-state index in [1.165, 1.54) is 0 Å². The number of nitrogens with one attached hydrogen (secondary N) is 1. The van der Waals surface area contributed by atoms with Gasteiger partial charge in [0.2, 0.25) is 0 Å². The second-order valence-corrected chi connectivity index (χ2v) is 7.08. The van der Waals surface area contributed by atoms with Gasteiger partial charge in [-0.25, -0.2) is 4.98 Å². The molecule has 1 N–H and O–H groups in total. The Bertz CT molecular complexity index is 741. The number of carbonyl (C=O) groups excluding carboxylic acids is 1. The van der Waals surface area contributed by atoms with Gasteiger partial charge in [0, 0.05) is 64.7 Å². The molecule has 2 aromatic rings. The molecule has 2 atom stereocenters. The highest BCUT2D eigenvalue weighted by Crippen LogP contribution is 2.32. The van der Waals surface area contributed by atoms with Gasteiger partial charge in [0.05, 0.1) is 0 Å². The van der Waals surface area contributed by atoms with Crippen LogP contribution in [-0.2, 0) is 18.3 Å². The fraction of sp³-hybridized carbons (Fsp3) is 0.500. The van der Waals surface area contributed by atoms with Crippen molar-refractivity contribution < 1.29 is 9.53 Å². The molecule has 0 aliphatic carbocycles. The smallest absolute Gasteiger partial charge is 0.253 e. The average Bonchev–Trinajstić information content (AvgIpc) is 3.07. The maximum absolute atomic E-state index is 12.3. The summed E-state index contributed by atoms with van der Waals surface area (Å²) in [7, 11) is 5.57. The highest BCUT2D eigenvalue weighted by Gasteiger charge is 2.30. The van der Waals surface area contributed by atoms with Crippen molar-refractivity contribution >= 4 is 5.91 Å². The van der Waals surface area contributed by atoms with Gasteiger partial charge >= 0.3 is 0 Å². The van der Waals surface area contributed by atoms with Crippen LogP contribution in [0, 0.1) is 5.92 Å². The van der Waals surface area contributed by atoms with Gasteiger partial charge in [-0.15, -0.1) is 0 Å². The minimum atomic E-state index is 0.0231. The Morgan fingerprint density at radius 3 is 2.92 bits per heavy atom. The third-order valence-electron chi connectivity index (χ3n) is 4.93. The lowest BCUT2D eigenvalue weighted by atomic mass is 9.93. The van der Waals surface area contributed by atoms with E-state index >= 15 is 0 Å². The molecule has 1 amide bonds. The molecule has 0 unspecified atom stereocenters. The number of imidazole rings is 1. The highest BCUT2D eigenvalue weighted by atomic mass is 16.5. The number of nitrogens with zero attached hydrogens (tertiary/aromatic N) is 3. The molecule has 1 aromatic heterocycles. The topological polar surface area (TPSA) is 59.4 Å². The van der Waals surface area contributed by atoms with Gasteiger partial charge in [-0.05, 0) is 24.5 Å². The first-order valence-electron chi connectivity index (χ1n) is 9.17. The van der Waals surface area contributed by atoms with E-state index in [1.807, 2.05) is 48.3 Å². The zero-order valence-electron chi connectivity index (χ0n) is 15.8. The summed E-state index contributed by atoms with van der Waals surface area (Å²) >= 11 is 0. The number of amides is 1. The number of aryl methyl sites for hydroxylation is 1. The summed E-state index contributed by atoms with van der Waals surface area (Å²) < 4.78 is 8.06. The third kappa shape index (κ3) is 4.14. The number of aromatic nitrogens is 2. The minimum absolute atomic E-state index is 0.0231. The molecule has 0 saturated carbocycles. The van der Waals surface area contributed by atoms with Crippen molar-refractivity contribution in [2.75, 3.05) is 27.2 Å². The number of benzene rings is 1. The van der Waals surface area contributed by atoms with Crippen molar-refractivity contribution in [1.29, 1.82) is 0 Å². The van der Waals surface area contributed by atoms with E-state index in [9.17, 15) is 4.79 Å². The molecule has 0 radical (unpaired) electrons. The molecule has 2 heterocycles. The number of carbonyl (C=O) groups is 1. The molecular formula is C20H28N4O2. The minimum Gasteiger partial charge on any atom is -0.370 e. The summed E-state index contributed by atoms with van der Waals surface area (Å²) in [6.45, 7) is 2.29. The molecule has 140 valence electrons. The van der Waals surface area contributed by atoms with Crippen molar-refractivity contribution in [3.05, 3.63) is 53.6 Å². The van der Waals surface area contributed by atoms with Crippen molar-refractivity contribution in [3.63, 3.8) is 0 Å². The molecule has 1 aromatic carbocycles. The predicted molar refractivity (Wildman–Crippen MR) is 101 cm³/mol. The maximum Gasteiger partial charge on any atom is 0.253 e. The first-order valence-corrected chi connectivity index (χ1v) is 9.17. The zero-order chi connectivity index (χ0) is 18.5. The average molecular weight is 356 g/mol. The Kier molecular flexibility index (Phi) is 6.06. The maximum atomic E-state index is 12.3. The summed E-state index contributed by atoms with van der Waals surface area (Å²) in [6.07, 6.45) is 5.99. The number of rotatable bonds is 6. The molecule has 0 bridgehead atoms. The summed E-state index contributed by atoms with van der Waals surface area (Å²) in [5.41, 5.74) is 1.78. The molecule has 6 heteroatoms. The SMILES string of the molecule is CN(C)C(=O)c1ccccc1CNC[C@@H]1CCCO[C@H]1c1nccn1C. The molecule has 1 aliphatic rings. The molecule has 1 aliphatic heterocycles. The number of hydrogen-bond donors (Lipinski definition) is 1. The lowest BCUT2D eigenvalue weighted by molar-refractivity contribution is -0.0344. The van der Waals surface area contributed by atoms with Crippen molar-refractivity contribution in [2.24, 2.45) is 13.0 Å². The van der Waals surface area contributed by atoms with Crippen LogP contribution >= 0.6 is 0 Å². The van der Waals surface area contributed by atoms with Gasteiger partial charge in [0.1, 0.15) is 11.9 Å². The van der Waals surface area contributed by atoms with Crippen LogP contribution in [0.3, 0.4) is 0 Å². The molecule has 3 rings (SSSR count). The van der Waals surface area contributed by atoms with Crippen LogP contribution in [0.5, 0.6) is 0 Å². The van der Waals surface area contributed by atoms with Crippen LogP contribution in [0.4, 0.5) is 0 Å². The first-order chi connectivity index (χ1) is 12.6. The van der Waals surface area contributed by atoms with Crippen LogP contribution in [0.1, 0.15) is 40.7 Å². The first kappa shape index (κ1) is 18.6. The van der Waals surface area contributed by atoms with E-state index in [4.69, 9.17) is 4.74 Å². The molecular weight excluding hydrogens is 328 g/mol. The van der Waals surface area contributed by atoms with Crippen molar-refractivity contribution in [1.82, 2.24) is 19.8 Å². The lowest BCUT2D eigenvalue weighted by Crippen LogP contribution is -2.33. The fourth-order valence-electron chi connectivity index (χ4n) is 3.51. The molecule has 26 heavy (non-hydrogen) atoms. The van der Waals surface area contributed by atoms with Crippen LogP contribution in [0.2, 0.25) is 0 Å². The van der Waals surface area contributed by atoms with E-state index in [-0.39, 0.29) is 12.0 Å². The van der Waals surface area contributed by atoms with E-state index in [2.05, 4.69) is 10.3 Å². The molecule has 0 spiro atoms. The van der Waals surface area contributed by atoms with Gasteiger partial charge < -0.3 is 19.5 Å². The fourth-order valence-corrected chi connectivity index (χ4v) is 3.51. The van der Waals surface area contributed by atoms with Crippen LogP contribution in [0.15, 0.2) is 36.7 Å². The second-order valence-electron chi connectivity index (χ2n) is 7.08. The zero-order valence-corrected chi connectivity index (χ0v) is 15.8. The Morgan fingerprint density at radius 1 is 1.38 bits per heavy atom. The van der Waals surface area contributed by atoms with E-state index in [0.717, 1.165) is 42.9 Å². The Hall–Kier alpha value is -2.18. The lowest BCUT2D eigenvalue weighted by Gasteiger charge is -2.31. The highest BCUT2D eigenvalue weighted by molar-refractivity contribution is 5.95. The Morgan fingerprint density at radius 2 is 2.19 bits per heavy atom. The normalized spacial score (nSPS) is 20.1. The molecule has 1 fully saturated rings.